The van der Waals surface area contributed by atoms with Crippen LogP contribution < -0.4 is 10.6 Å². The molecule has 6 rings (SSSR count). The Morgan fingerprint density at radius 3 is 1.12 bits per heavy atom. The lowest BCUT2D eigenvalue weighted by Gasteiger charge is -2.40. The number of carbonyl (C=O) groups is 2. The summed E-state index contributed by atoms with van der Waals surface area (Å²) in [5, 5.41) is 5.90. The quantitative estimate of drug-likeness (QED) is 0.150. The van der Waals surface area contributed by atoms with Gasteiger partial charge in [-0.3, -0.25) is 9.59 Å². The van der Waals surface area contributed by atoms with Gasteiger partial charge in [0.2, 0.25) is 21.7 Å². The lowest BCUT2D eigenvalue weighted by molar-refractivity contribution is -0.114. The number of amides is 2. The molecule has 4 aromatic rings. The predicted octanol–water partition coefficient (Wildman–Crippen LogP) is 10.3. The molecular formula is C44H50N4O4S5. The van der Waals surface area contributed by atoms with Gasteiger partial charge in [-0.15, -0.1) is 0 Å². The van der Waals surface area contributed by atoms with Gasteiger partial charge in [-0.05, 0) is 137 Å². The van der Waals surface area contributed by atoms with Crippen LogP contribution >= 0.6 is 48.0 Å². The summed E-state index contributed by atoms with van der Waals surface area (Å²) in [7, 11) is -3.75. The lowest BCUT2D eigenvalue weighted by atomic mass is 9.99. The van der Waals surface area contributed by atoms with Crippen molar-refractivity contribution in [1.82, 2.24) is 9.80 Å². The second kappa shape index (κ2) is 19.3. The van der Waals surface area contributed by atoms with E-state index in [9.17, 15) is 18.0 Å². The first-order valence-corrected chi connectivity index (χ1v) is 23.7. The maximum absolute atomic E-state index is 13.6. The largest absolute Gasteiger partial charge is 0.352 e. The molecule has 0 aliphatic carbocycles. The van der Waals surface area contributed by atoms with E-state index in [1.165, 1.54) is 36.4 Å². The molecule has 0 radical (unpaired) electrons. The van der Waals surface area contributed by atoms with Crippen molar-refractivity contribution in [2.75, 3.05) is 22.1 Å². The van der Waals surface area contributed by atoms with E-state index >= 15 is 0 Å². The average molecular weight is 859 g/mol. The average Bonchev–Trinajstić information content (AvgIpc) is 3.20. The molecule has 2 amide bonds. The van der Waals surface area contributed by atoms with E-state index in [1.54, 1.807) is 48.5 Å². The van der Waals surface area contributed by atoms with Crippen molar-refractivity contribution < 1.29 is 18.0 Å². The van der Waals surface area contributed by atoms with E-state index in [0.717, 1.165) is 56.6 Å². The third kappa shape index (κ3) is 10.9. The first kappa shape index (κ1) is 42.8. The molecule has 2 aliphatic heterocycles. The van der Waals surface area contributed by atoms with Crippen molar-refractivity contribution in [3.8, 4) is 22.3 Å². The number of nitrogens with zero attached hydrogens (tertiary/aromatic N) is 2. The smallest absolute Gasteiger partial charge is 0.234 e. The van der Waals surface area contributed by atoms with E-state index in [1.807, 2.05) is 48.5 Å². The highest BCUT2D eigenvalue weighted by Crippen LogP contribution is 2.31. The standard InChI is InChI=1S/C44H50N4O4S5/c1-29-7-5-8-30(2)47(29)43(53)55-27-41(49)45-37-19-11-33(12-20-37)35-15-23-39(24-16-35)57(51,52)40-25-17-36(18-26-40)34-13-21-38(22-14-34)46-42(50)28-56-44(54)48-31(3)9-6-10-32(48)4/h11-26,29-32H,5-10,27-28H2,1-4H3,(H,45,49)(H,46,50)/t29-,30-,31-,32-/m1/s1. The Morgan fingerprint density at radius 2 is 0.825 bits per heavy atom. The first-order valence-electron chi connectivity index (χ1n) is 19.5. The molecule has 0 spiro atoms. The Bertz CT molecular complexity index is 1990. The second-order valence-corrected chi connectivity index (χ2v) is 20.2. The Balaban J connectivity index is 0.989. The maximum Gasteiger partial charge on any atom is 0.234 e. The van der Waals surface area contributed by atoms with Crippen LogP contribution in [0.25, 0.3) is 22.3 Å². The van der Waals surface area contributed by atoms with Crippen LogP contribution in [0.3, 0.4) is 0 Å². The fourth-order valence-electron chi connectivity index (χ4n) is 7.64. The summed E-state index contributed by atoms with van der Waals surface area (Å²) in [4.78, 5) is 30.3. The monoisotopic (exact) mass is 858 g/mol. The van der Waals surface area contributed by atoms with Crippen molar-refractivity contribution in [2.24, 2.45) is 0 Å². The van der Waals surface area contributed by atoms with Crippen LogP contribution in [0.5, 0.6) is 0 Å². The summed E-state index contributed by atoms with van der Waals surface area (Å²) >= 11 is 14.1. The number of piperidine rings is 2. The molecule has 13 heteroatoms. The number of hydrogen-bond acceptors (Lipinski definition) is 8. The Kier molecular flexibility index (Phi) is 14.5. The number of sulfone groups is 1. The van der Waals surface area contributed by atoms with Gasteiger partial charge in [-0.1, -0.05) is 96.5 Å². The molecule has 2 saturated heterocycles. The summed E-state index contributed by atoms with van der Waals surface area (Å²) < 4.78 is 28.7. The number of thioether (sulfide) groups is 2. The Labute approximate surface area is 356 Å². The number of nitrogens with one attached hydrogen (secondary N) is 2. The zero-order chi connectivity index (χ0) is 40.7. The summed E-state index contributed by atoms with van der Waals surface area (Å²) in [6.45, 7) is 8.77. The Hall–Kier alpha value is -3.75. The highest BCUT2D eigenvalue weighted by molar-refractivity contribution is 8.23. The number of anilines is 2. The van der Waals surface area contributed by atoms with E-state index in [0.29, 0.717) is 35.5 Å². The summed E-state index contributed by atoms with van der Waals surface area (Å²) in [6.07, 6.45) is 6.89. The molecule has 300 valence electrons. The highest BCUT2D eigenvalue weighted by atomic mass is 32.2. The number of thiocarbonyl (C=S) groups is 2. The number of likely N-dealkylation sites (tertiary alicyclic amines) is 2. The molecule has 2 fully saturated rings. The minimum Gasteiger partial charge on any atom is -0.352 e. The van der Waals surface area contributed by atoms with Crippen molar-refractivity contribution in [3.63, 3.8) is 0 Å². The molecule has 2 heterocycles. The van der Waals surface area contributed by atoms with Crippen molar-refractivity contribution in [3.05, 3.63) is 97.1 Å². The van der Waals surface area contributed by atoms with Crippen molar-refractivity contribution in [1.29, 1.82) is 0 Å². The third-order valence-electron chi connectivity index (χ3n) is 10.8. The number of carbonyl (C=O) groups excluding carboxylic acids is 2. The van der Waals surface area contributed by atoms with Crippen LogP contribution in [0.2, 0.25) is 0 Å². The second-order valence-electron chi connectivity index (χ2n) is 15.0. The number of benzene rings is 4. The van der Waals surface area contributed by atoms with Gasteiger partial charge in [0.1, 0.15) is 8.64 Å². The summed E-state index contributed by atoms with van der Waals surface area (Å²) in [5.74, 6) is 0.268. The summed E-state index contributed by atoms with van der Waals surface area (Å²) in [5.41, 5.74) is 4.88. The molecule has 8 nitrogen and oxygen atoms in total. The molecule has 2 N–H and O–H groups in total. The molecular weight excluding hydrogens is 809 g/mol. The van der Waals surface area contributed by atoms with E-state index < -0.39 is 9.84 Å². The minimum atomic E-state index is -3.75. The molecule has 4 atom stereocenters. The van der Waals surface area contributed by atoms with Crippen molar-refractivity contribution >= 4 is 89.6 Å². The van der Waals surface area contributed by atoms with Crippen LogP contribution in [0, 0.1) is 0 Å². The van der Waals surface area contributed by atoms with Gasteiger partial charge in [0.05, 0.1) is 21.3 Å². The molecule has 0 unspecified atom stereocenters. The summed E-state index contributed by atoms with van der Waals surface area (Å²) in [6, 6.07) is 30.2. The van der Waals surface area contributed by atoms with Crippen LogP contribution in [0.4, 0.5) is 11.4 Å². The van der Waals surface area contributed by atoms with Crippen molar-refractivity contribution in [2.45, 2.75) is 100 Å². The fraction of sp³-hybridized carbons (Fsp3) is 0.364. The van der Waals surface area contributed by atoms with E-state index in [2.05, 4.69) is 48.1 Å². The number of hydrogen-bond donors (Lipinski definition) is 2. The van der Waals surface area contributed by atoms with Crippen LogP contribution in [-0.4, -0.2) is 74.3 Å². The van der Waals surface area contributed by atoms with E-state index in [-0.39, 0.29) is 33.1 Å². The minimum absolute atomic E-state index is 0.113. The maximum atomic E-state index is 13.6. The first-order chi connectivity index (χ1) is 27.3. The van der Waals surface area contributed by atoms with Gasteiger partial charge in [0.15, 0.2) is 0 Å². The molecule has 57 heavy (non-hydrogen) atoms. The molecule has 0 bridgehead atoms. The van der Waals surface area contributed by atoms with Crippen LogP contribution in [0.15, 0.2) is 107 Å². The van der Waals surface area contributed by atoms with Gasteiger partial charge in [-0.2, -0.15) is 0 Å². The van der Waals surface area contributed by atoms with E-state index in [4.69, 9.17) is 24.4 Å². The zero-order valence-electron chi connectivity index (χ0n) is 32.8. The molecule has 0 saturated carbocycles. The van der Waals surface area contributed by atoms with Gasteiger partial charge < -0.3 is 20.4 Å². The highest BCUT2D eigenvalue weighted by Gasteiger charge is 2.28. The molecule has 2 aliphatic rings. The van der Waals surface area contributed by atoms with Crippen LogP contribution in [-0.2, 0) is 19.4 Å². The SMILES string of the molecule is C[C@@H]1CCC[C@@H](C)N1C(=S)SCC(=O)Nc1ccc(-c2ccc(S(=O)(=O)c3ccc(-c4ccc(NC(=O)CSC(=S)N5[C@H](C)CCC[C@H]5C)cc4)cc3)cc2)cc1. The van der Waals surface area contributed by atoms with Crippen LogP contribution in [0.1, 0.15) is 66.2 Å². The predicted molar refractivity (Wildman–Crippen MR) is 246 cm³/mol. The Morgan fingerprint density at radius 1 is 0.544 bits per heavy atom. The lowest BCUT2D eigenvalue weighted by Crippen LogP contribution is -2.45. The molecule has 0 aromatic heterocycles. The fourth-order valence-corrected chi connectivity index (χ4v) is 11.6. The zero-order valence-corrected chi connectivity index (χ0v) is 36.9. The van der Waals surface area contributed by atoms with Gasteiger partial charge in [-0.25, -0.2) is 8.42 Å². The topological polar surface area (TPSA) is 98.8 Å². The van der Waals surface area contributed by atoms with Gasteiger partial charge >= 0.3 is 0 Å². The van der Waals surface area contributed by atoms with Gasteiger partial charge in [0.25, 0.3) is 0 Å². The normalized spacial score (nSPS) is 19.8. The third-order valence-corrected chi connectivity index (χ3v) is 15.4. The molecule has 4 aromatic carbocycles. The number of rotatable bonds is 10. The van der Waals surface area contributed by atoms with Gasteiger partial charge in [0, 0.05) is 35.5 Å².